The molecule has 0 amide bonds. The number of hydrogen-bond acceptors (Lipinski definition) is 2. The molecule has 0 aromatic rings. The van der Waals surface area contributed by atoms with Gasteiger partial charge < -0.3 is 5.32 Å². The lowest BCUT2D eigenvalue weighted by molar-refractivity contribution is 0.138. The second-order valence-corrected chi connectivity index (χ2v) is 7.17. The summed E-state index contributed by atoms with van der Waals surface area (Å²) in [4.78, 5) is 0. The predicted molar refractivity (Wildman–Crippen MR) is 75.1 cm³/mol. The second-order valence-electron chi connectivity index (χ2n) is 7.17. The first-order chi connectivity index (χ1) is 8.58. The lowest BCUT2D eigenvalue weighted by atomic mass is 9.69. The smallest absolute Gasteiger partial charge is 0.0703 e. The van der Waals surface area contributed by atoms with Crippen LogP contribution in [0.2, 0.25) is 0 Å². The second kappa shape index (κ2) is 5.61. The van der Waals surface area contributed by atoms with Crippen molar-refractivity contribution in [3.8, 4) is 6.07 Å². The van der Waals surface area contributed by atoms with Gasteiger partial charge in [-0.3, -0.25) is 0 Å². The summed E-state index contributed by atoms with van der Waals surface area (Å²) in [6.45, 7) is 6.77. The minimum absolute atomic E-state index is 0.0252. The van der Waals surface area contributed by atoms with Crippen LogP contribution >= 0.6 is 0 Å². The van der Waals surface area contributed by atoms with Gasteiger partial charge in [-0.1, -0.05) is 39.5 Å². The minimum atomic E-state index is -0.0252. The van der Waals surface area contributed by atoms with E-state index in [9.17, 15) is 5.26 Å². The van der Waals surface area contributed by atoms with Crippen molar-refractivity contribution in [3.63, 3.8) is 0 Å². The Hall–Kier alpha value is -0.550. The van der Waals surface area contributed by atoms with Crippen molar-refractivity contribution in [2.24, 2.45) is 16.7 Å². The maximum absolute atomic E-state index is 9.22. The maximum atomic E-state index is 9.22. The molecule has 0 unspecified atom stereocenters. The van der Waals surface area contributed by atoms with Crippen LogP contribution in [-0.4, -0.2) is 13.1 Å². The molecule has 18 heavy (non-hydrogen) atoms. The minimum Gasteiger partial charge on any atom is -0.315 e. The van der Waals surface area contributed by atoms with E-state index < -0.39 is 0 Å². The molecule has 0 radical (unpaired) electrons. The fourth-order valence-corrected chi connectivity index (χ4v) is 3.58. The van der Waals surface area contributed by atoms with E-state index in [0.717, 1.165) is 31.8 Å². The molecule has 2 fully saturated rings. The van der Waals surface area contributed by atoms with Crippen LogP contribution in [-0.2, 0) is 0 Å². The SMILES string of the molecule is CC(C)(CNCC1(C#N)CCC1)C1CCCCC1. The van der Waals surface area contributed by atoms with Gasteiger partial charge in [-0.05, 0) is 37.0 Å². The molecule has 2 heteroatoms. The lowest BCUT2D eigenvalue weighted by Crippen LogP contribution is -2.44. The third-order valence-corrected chi connectivity index (χ3v) is 5.30. The van der Waals surface area contributed by atoms with Crippen LogP contribution in [0.15, 0.2) is 0 Å². The van der Waals surface area contributed by atoms with E-state index in [-0.39, 0.29) is 5.41 Å². The molecule has 2 nitrogen and oxygen atoms in total. The van der Waals surface area contributed by atoms with E-state index in [4.69, 9.17) is 0 Å². The van der Waals surface area contributed by atoms with Crippen LogP contribution in [0, 0.1) is 28.1 Å². The molecule has 2 aliphatic rings. The van der Waals surface area contributed by atoms with Gasteiger partial charge in [0.1, 0.15) is 0 Å². The Bertz CT molecular complexity index is 304. The van der Waals surface area contributed by atoms with Gasteiger partial charge in [-0.2, -0.15) is 5.26 Å². The van der Waals surface area contributed by atoms with Gasteiger partial charge >= 0.3 is 0 Å². The summed E-state index contributed by atoms with van der Waals surface area (Å²) in [5.41, 5.74) is 0.365. The highest BCUT2D eigenvalue weighted by atomic mass is 14.9. The molecule has 2 rings (SSSR count). The molecule has 0 saturated heterocycles. The van der Waals surface area contributed by atoms with Crippen molar-refractivity contribution in [1.29, 1.82) is 5.26 Å². The summed E-state index contributed by atoms with van der Waals surface area (Å²) in [5, 5.41) is 12.8. The van der Waals surface area contributed by atoms with Gasteiger partial charge in [0.2, 0.25) is 0 Å². The summed E-state index contributed by atoms with van der Waals surface area (Å²) < 4.78 is 0. The number of rotatable bonds is 5. The Morgan fingerprint density at radius 3 is 2.33 bits per heavy atom. The van der Waals surface area contributed by atoms with E-state index in [0.29, 0.717) is 5.41 Å². The van der Waals surface area contributed by atoms with Crippen molar-refractivity contribution in [3.05, 3.63) is 0 Å². The molecule has 0 bridgehead atoms. The number of hydrogen-bond donors (Lipinski definition) is 1. The van der Waals surface area contributed by atoms with Gasteiger partial charge in [-0.15, -0.1) is 0 Å². The van der Waals surface area contributed by atoms with E-state index >= 15 is 0 Å². The van der Waals surface area contributed by atoms with Crippen LogP contribution in [0.3, 0.4) is 0 Å². The zero-order valence-corrected chi connectivity index (χ0v) is 12.1. The Morgan fingerprint density at radius 2 is 1.83 bits per heavy atom. The quantitative estimate of drug-likeness (QED) is 0.801. The first-order valence-electron chi connectivity index (χ1n) is 7.70. The average Bonchev–Trinajstić information content (AvgIpc) is 2.34. The standard InChI is InChI=1S/C16H28N2/c1-15(2,14-7-4-3-5-8-14)12-18-13-16(11-17)9-6-10-16/h14,18H,3-10,12-13H2,1-2H3. The monoisotopic (exact) mass is 248 g/mol. The fourth-order valence-electron chi connectivity index (χ4n) is 3.58. The highest BCUT2D eigenvalue weighted by Crippen LogP contribution is 2.40. The van der Waals surface area contributed by atoms with Gasteiger partial charge in [0.25, 0.3) is 0 Å². The molecular formula is C16H28N2. The normalized spacial score (nSPS) is 24.3. The van der Waals surface area contributed by atoms with E-state index in [1.54, 1.807) is 0 Å². The third-order valence-electron chi connectivity index (χ3n) is 5.30. The molecule has 1 N–H and O–H groups in total. The molecule has 0 aliphatic heterocycles. The summed E-state index contributed by atoms with van der Waals surface area (Å²) in [6.07, 6.45) is 10.5. The van der Waals surface area contributed by atoms with Crippen LogP contribution < -0.4 is 5.32 Å². The van der Waals surface area contributed by atoms with E-state index in [2.05, 4.69) is 25.2 Å². The van der Waals surface area contributed by atoms with Gasteiger partial charge in [0, 0.05) is 13.1 Å². The summed E-state index contributed by atoms with van der Waals surface area (Å²) >= 11 is 0. The topological polar surface area (TPSA) is 35.8 Å². The van der Waals surface area contributed by atoms with Crippen LogP contribution in [0.5, 0.6) is 0 Å². The maximum Gasteiger partial charge on any atom is 0.0703 e. The van der Waals surface area contributed by atoms with Gasteiger partial charge in [0.15, 0.2) is 0 Å². The molecular weight excluding hydrogens is 220 g/mol. The Labute approximate surface area is 112 Å². The number of nitriles is 1. The highest BCUT2D eigenvalue weighted by molar-refractivity contribution is 5.06. The number of nitrogens with zero attached hydrogens (tertiary/aromatic N) is 1. The molecule has 0 atom stereocenters. The van der Waals surface area contributed by atoms with Crippen molar-refractivity contribution >= 4 is 0 Å². The molecule has 0 aromatic carbocycles. The largest absolute Gasteiger partial charge is 0.315 e. The summed E-state index contributed by atoms with van der Waals surface area (Å²) in [7, 11) is 0. The van der Waals surface area contributed by atoms with Crippen molar-refractivity contribution in [1.82, 2.24) is 5.32 Å². The van der Waals surface area contributed by atoms with Gasteiger partial charge in [0.05, 0.1) is 11.5 Å². The molecule has 2 saturated carbocycles. The highest BCUT2D eigenvalue weighted by Gasteiger charge is 2.37. The molecule has 2 aliphatic carbocycles. The lowest BCUT2D eigenvalue weighted by Gasteiger charge is -2.40. The predicted octanol–water partition coefficient (Wildman–Crippen LogP) is 3.88. The van der Waals surface area contributed by atoms with Crippen molar-refractivity contribution < 1.29 is 0 Å². The van der Waals surface area contributed by atoms with E-state index in [1.807, 2.05) is 0 Å². The Kier molecular flexibility index (Phi) is 4.33. The molecule has 102 valence electrons. The Morgan fingerprint density at radius 1 is 1.17 bits per heavy atom. The first kappa shape index (κ1) is 13.9. The zero-order chi connectivity index (χ0) is 13.1. The van der Waals surface area contributed by atoms with E-state index in [1.165, 1.54) is 38.5 Å². The summed E-state index contributed by atoms with van der Waals surface area (Å²) in [5.74, 6) is 0.873. The van der Waals surface area contributed by atoms with Crippen molar-refractivity contribution in [2.45, 2.75) is 65.2 Å². The third kappa shape index (κ3) is 3.06. The first-order valence-corrected chi connectivity index (χ1v) is 7.70. The zero-order valence-electron chi connectivity index (χ0n) is 12.1. The molecule has 0 aromatic heterocycles. The number of nitrogens with one attached hydrogen (secondary N) is 1. The molecule has 0 spiro atoms. The molecule has 0 heterocycles. The van der Waals surface area contributed by atoms with Crippen molar-refractivity contribution in [2.75, 3.05) is 13.1 Å². The van der Waals surface area contributed by atoms with Crippen LogP contribution in [0.25, 0.3) is 0 Å². The average molecular weight is 248 g/mol. The van der Waals surface area contributed by atoms with Crippen LogP contribution in [0.4, 0.5) is 0 Å². The Balaban J connectivity index is 1.76. The van der Waals surface area contributed by atoms with Crippen LogP contribution in [0.1, 0.15) is 65.2 Å². The van der Waals surface area contributed by atoms with Gasteiger partial charge in [-0.25, -0.2) is 0 Å². The summed E-state index contributed by atoms with van der Waals surface area (Å²) in [6, 6.07) is 2.52. The fraction of sp³-hybridized carbons (Fsp3) is 0.938.